The summed E-state index contributed by atoms with van der Waals surface area (Å²) in [6.07, 6.45) is 0.913. The minimum atomic E-state index is -0.0954. The van der Waals surface area contributed by atoms with Crippen LogP contribution in [0, 0.1) is 0 Å². The average molecular weight is 285 g/mol. The van der Waals surface area contributed by atoms with Crippen molar-refractivity contribution in [3.8, 4) is 0 Å². The standard InChI is InChI=1S/C15H27NO2S/c1-12(2)16-10-13-6-7-14(19-13)11-18-9-8-15(3,4)17-5/h6-7,12,16H,8-11H2,1-5H3. The van der Waals surface area contributed by atoms with Crippen molar-refractivity contribution in [3.05, 3.63) is 21.9 Å². The summed E-state index contributed by atoms with van der Waals surface area (Å²) in [5, 5.41) is 3.42. The lowest BCUT2D eigenvalue weighted by molar-refractivity contribution is -0.0121. The third kappa shape index (κ3) is 7.06. The highest BCUT2D eigenvalue weighted by Crippen LogP contribution is 2.18. The molecule has 0 saturated heterocycles. The molecule has 0 fully saturated rings. The lowest BCUT2D eigenvalue weighted by Gasteiger charge is -2.22. The molecule has 0 aliphatic heterocycles. The lowest BCUT2D eigenvalue weighted by Crippen LogP contribution is -2.24. The molecule has 4 heteroatoms. The zero-order valence-electron chi connectivity index (χ0n) is 12.8. The van der Waals surface area contributed by atoms with Crippen molar-refractivity contribution >= 4 is 11.3 Å². The molecule has 0 bridgehead atoms. The van der Waals surface area contributed by atoms with Gasteiger partial charge in [0.05, 0.1) is 12.2 Å². The number of rotatable bonds is 9. The molecule has 0 saturated carbocycles. The van der Waals surface area contributed by atoms with Crippen molar-refractivity contribution in [1.82, 2.24) is 5.32 Å². The molecule has 0 aliphatic carbocycles. The summed E-state index contributed by atoms with van der Waals surface area (Å²) in [5.41, 5.74) is -0.0954. The first kappa shape index (κ1) is 16.6. The van der Waals surface area contributed by atoms with Crippen LogP contribution < -0.4 is 5.32 Å². The van der Waals surface area contributed by atoms with Crippen LogP contribution in [0.15, 0.2) is 12.1 Å². The van der Waals surface area contributed by atoms with Gasteiger partial charge in [-0.05, 0) is 32.4 Å². The topological polar surface area (TPSA) is 30.5 Å². The van der Waals surface area contributed by atoms with Crippen molar-refractivity contribution in [2.24, 2.45) is 0 Å². The van der Waals surface area contributed by atoms with Crippen LogP contribution in [0.1, 0.15) is 43.9 Å². The summed E-state index contributed by atoms with van der Waals surface area (Å²) in [6.45, 7) is 10.9. The molecule has 1 aromatic rings. The van der Waals surface area contributed by atoms with Crippen LogP contribution in [-0.4, -0.2) is 25.4 Å². The van der Waals surface area contributed by atoms with E-state index in [0.717, 1.165) is 19.6 Å². The fraction of sp³-hybridized carbons (Fsp3) is 0.733. The van der Waals surface area contributed by atoms with Crippen LogP contribution >= 0.6 is 11.3 Å². The Morgan fingerprint density at radius 1 is 1.26 bits per heavy atom. The summed E-state index contributed by atoms with van der Waals surface area (Å²) in [4.78, 5) is 2.65. The fourth-order valence-electron chi connectivity index (χ4n) is 1.49. The van der Waals surface area contributed by atoms with Crippen LogP contribution in [-0.2, 0) is 22.6 Å². The Hall–Kier alpha value is -0.420. The average Bonchev–Trinajstić information content (AvgIpc) is 2.80. The Morgan fingerprint density at radius 2 is 1.95 bits per heavy atom. The first-order chi connectivity index (χ1) is 8.93. The van der Waals surface area contributed by atoms with Gasteiger partial charge in [0, 0.05) is 36.1 Å². The summed E-state index contributed by atoms with van der Waals surface area (Å²) in [5.74, 6) is 0. The molecular formula is C15H27NO2S. The fourth-order valence-corrected chi connectivity index (χ4v) is 2.40. The van der Waals surface area contributed by atoms with Gasteiger partial charge in [-0.25, -0.2) is 0 Å². The molecule has 19 heavy (non-hydrogen) atoms. The summed E-state index contributed by atoms with van der Waals surface area (Å²) in [6, 6.07) is 4.86. The van der Waals surface area contributed by atoms with E-state index in [4.69, 9.17) is 9.47 Å². The normalized spacial score (nSPS) is 12.3. The number of thiophene rings is 1. The van der Waals surface area contributed by atoms with Crippen molar-refractivity contribution in [3.63, 3.8) is 0 Å². The van der Waals surface area contributed by atoms with E-state index in [-0.39, 0.29) is 5.60 Å². The molecule has 1 N–H and O–H groups in total. The zero-order valence-corrected chi connectivity index (χ0v) is 13.6. The van der Waals surface area contributed by atoms with Crippen molar-refractivity contribution < 1.29 is 9.47 Å². The van der Waals surface area contributed by atoms with Crippen LogP contribution in [0.2, 0.25) is 0 Å². The van der Waals surface area contributed by atoms with Gasteiger partial charge in [0.25, 0.3) is 0 Å². The van der Waals surface area contributed by atoms with Gasteiger partial charge in [0.15, 0.2) is 0 Å². The van der Waals surface area contributed by atoms with Crippen LogP contribution in [0.4, 0.5) is 0 Å². The van der Waals surface area contributed by atoms with E-state index in [1.54, 1.807) is 7.11 Å². The maximum absolute atomic E-state index is 5.71. The SMILES string of the molecule is COC(C)(C)CCOCc1ccc(CNC(C)C)s1. The third-order valence-corrected chi connectivity index (χ3v) is 4.11. The summed E-state index contributed by atoms with van der Waals surface area (Å²) in [7, 11) is 1.74. The van der Waals surface area contributed by atoms with E-state index in [1.807, 2.05) is 11.3 Å². The largest absolute Gasteiger partial charge is 0.379 e. The molecule has 0 radical (unpaired) electrons. The summed E-state index contributed by atoms with van der Waals surface area (Å²) < 4.78 is 11.1. The molecule has 0 aliphatic rings. The Morgan fingerprint density at radius 3 is 2.58 bits per heavy atom. The quantitative estimate of drug-likeness (QED) is 0.704. The van der Waals surface area contributed by atoms with E-state index in [9.17, 15) is 0 Å². The van der Waals surface area contributed by atoms with Crippen LogP contribution in [0.3, 0.4) is 0 Å². The number of hydrogen-bond acceptors (Lipinski definition) is 4. The third-order valence-electron chi connectivity index (χ3n) is 3.05. The highest BCUT2D eigenvalue weighted by atomic mass is 32.1. The van der Waals surface area contributed by atoms with E-state index >= 15 is 0 Å². The highest BCUT2D eigenvalue weighted by Gasteiger charge is 2.15. The Balaban J connectivity index is 2.23. The molecule has 1 aromatic heterocycles. The first-order valence-corrected chi connectivity index (χ1v) is 7.68. The van der Waals surface area contributed by atoms with Gasteiger partial charge in [-0.15, -0.1) is 11.3 Å². The minimum Gasteiger partial charge on any atom is -0.379 e. The van der Waals surface area contributed by atoms with Gasteiger partial charge in [0.1, 0.15) is 0 Å². The molecule has 0 atom stereocenters. The predicted octanol–water partition coefficient (Wildman–Crippen LogP) is 3.58. The van der Waals surface area contributed by atoms with Gasteiger partial charge < -0.3 is 14.8 Å². The second-order valence-electron chi connectivity index (χ2n) is 5.67. The molecule has 3 nitrogen and oxygen atoms in total. The number of hydrogen-bond donors (Lipinski definition) is 1. The second-order valence-corrected chi connectivity index (χ2v) is 6.92. The molecule has 0 spiro atoms. The maximum Gasteiger partial charge on any atom is 0.0809 e. The lowest BCUT2D eigenvalue weighted by atomic mass is 10.1. The van der Waals surface area contributed by atoms with Crippen LogP contribution in [0.25, 0.3) is 0 Å². The van der Waals surface area contributed by atoms with E-state index in [1.165, 1.54) is 9.75 Å². The Kier molecular flexibility index (Phi) is 7.00. The zero-order chi connectivity index (χ0) is 14.3. The van der Waals surface area contributed by atoms with Gasteiger partial charge in [-0.2, -0.15) is 0 Å². The maximum atomic E-state index is 5.71. The van der Waals surface area contributed by atoms with Crippen molar-refractivity contribution in [2.45, 2.75) is 58.9 Å². The monoisotopic (exact) mass is 285 g/mol. The smallest absolute Gasteiger partial charge is 0.0809 e. The van der Waals surface area contributed by atoms with E-state index in [2.05, 4.69) is 45.1 Å². The molecule has 0 aromatic carbocycles. The summed E-state index contributed by atoms with van der Waals surface area (Å²) >= 11 is 1.82. The molecule has 0 amide bonds. The van der Waals surface area contributed by atoms with Crippen molar-refractivity contribution in [1.29, 1.82) is 0 Å². The molecule has 0 unspecified atom stereocenters. The van der Waals surface area contributed by atoms with Crippen molar-refractivity contribution in [2.75, 3.05) is 13.7 Å². The second kappa shape index (κ2) is 8.00. The number of methoxy groups -OCH3 is 1. The number of nitrogens with one attached hydrogen (secondary N) is 1. The van der Waals surface area contributed by atoms with Gasteiger partial charge in [-0.1, -0.05) is 13.8 Å². The molecule has 1 heterocycles. The molecule has 1 rings (SSSR count). The highest BCUT2D eigenvalue weighted by molar-refractivity contribution is 7.11. The van der Waals surface area contributed by atoms with Gasteiger partial charge in [0.2, 0.25) is 0 Å². The molecule has 110 valence electrons. The minimum absolute atomic E-state index is 0.0954. The van der Waals surface area contributed by atoms with Gasteiger partial charge in [-0.3, -0.25) is 0 Å². The first-order valence-electron chi connectivity index (χ1n) is 6.87. The van der Waals surface area contributed by atoms with E-state index < -0.39 is 0 Å². The van der Waals surface area contributed by atoms with Crippen LogP contribution in [0.5, 0.6) is 0 Å². The Bertz CT molecular complexity index is 361. The Labute approximate surface area is 121 Å². The van der Waals surface area contributed by atoms with Gasteiger partial charge >= 0.3 is 0 Å². The predicted molar refractivity (Wildman–Crippen MR) is 81.7 cm³/mol. The number of ether oxygens (including phenoxy) is 2. The molecular weight excluding hydrogens is 258 g/mol. The van der Waals surface area contributed by atoms with E-state index in [0.29, 0.717) is 12.6 Å².